The van der Waals surface area contributed by atoms with E-state index in [-0.39, 0.29) is 25.7 Å². The molecule has 0 spiro atoms. The number of phosphoric acid groups is 2. The lowest BCUT2D eigenvalue weighted by atomic mass is 10.1. The van der Waals surface area contributed by atoms with Crippen molar-refractivity contribution < 1.29 is 80.2 Å². The Balaban J connectivity index is 5.46. The molecule has 3 N–H and O–H groups in total. The molecule has 110 heavy (non-hydrogen) atoms. The largest absolute Gasteiger partial charge is 0.472 e. The molecule has 5 unspecified atom stereocenters. The van der Waals surface area contributed by atoms with Crippen molar-refractivity contribution in [2.75, 3.05) is 39.6 Å². The Hall–Kier alpha value is -5.84. The van der Waals surface area contributed by atoms with Crippen LogP contribution in [0.15, 0.2) is 182 Å². The number of allylic oxidation sites excluding steroid dienone is 30. The van der Waals surface area contributed by atoms with Crippen LogP contribution >= 0.6 is 15.6 Å². The molecule has 0 amide bonds. The normalized spacial score (nSPS) is 14.7. The van der Waals surface area contributed by atoms with Crippen molar-refractivity contribution in [3.63, 3.8) is 0 Å². The summed E-state index contributed by atoms with van der Waals surface area (Å²) in [5, 5.41) is 10.7. The molecular formula is C91H148O17P2. The van der Waals surface area contributed by atoms with Gasteiger partial charge in [0.15, 0.2) is 12.2 Å². The second kappa shape index (κ2) is 81.2. The molecule has 0 aromatic carbocycles. The van der Waals surface area contributed by atoms with Gasteiger partial charge in [-0.1, -0.05) is 287 Å². The van der Waals surface area contributed by atoms with Crippen LogP contribution in [-0.2, 0) is 65.4 Å². The van der Waals surface area contributed by atoms with Gasteiger partial charge in [-0.05, 0) is 180 Å². The zero-order chi connectivity index (χ0) is 80.3. The summed E-state index contributed by atoms with van der Waals surface area (Å²) in [4.78, 5) is 73.2. The van der Waals surface area contributed by atoms with Crippen molar-refractivity contribution >= 4 is 39.5 Å². The van der Waals surface area contributed by atoms with Gasteiger partial charge in [-0.3, -0.25) is 37.3 Å². The van der Waals surface area contributed by atoms with Gasteiger partial charge in [-0.2, -0.15) is 0 Å². The van der Waals surface area contributed by atoms with Crippen molar-refractivity contribution in [3.05, 3.63) is 182 Å². The highest BCUT2D eigenvalue weighted by atomic mass is 31.2. The van der Waals surface area contributed by atoms with Crippen LogP contribution in [0.3, 0.4) is 0 Å². The monoisotopic (exact) mass is 1580 g/mol. The molecule has 0 saturated carbocycles. The first-order valence-corrected chi connectivity index (χ1v) is 45.0. The highest BCUT2D eigenvalue weighted by Crippen LogP contribution is 2.45. The number of aliphatic hydroxyl groups excluding tert-OH is 1. The molecule has 17 nitrogen and oxygen atoms in total. The molecular weight excluding hydrogens is 1430 g/mol. The summed E-state index contributed by atoms with van der Waals surface area (Å²) in [5.41, 5.74) is 0. The predicted octanol–water partition coefficient (Wildman–Crippen LogP) is 25.1. The fraction of sp³-hybridized carbons (Fsp3) is 0.626. The maximum Gasteiger partial charge on any atom is 0.472 e. The van der Waals surface area contributed by atoms with E-state index in [0.717, 1.165) is 205 Å². The minimum Gasteiger partial charge on any atom is -0.462 e. The molecule has 0 aromatic rings. The summed E-state index contributed by atoms with van der Waals surface area (Å²) in [6.07, 6.45) is 98.6. The standard InChI is InChI=1S/C91H148O17P2/c1-5-9-13-17-21-25-29-33-36-39-42-45-48-52-55-59-63-67-71-75-88(93)101-81-86(107-90(95)77-73-69-65-61-57-51-32-28-24-20-16-12-8-4)83-105-109(97,98)103-79-85(92)80-104-110(99,100)106-84-87(108-91(96)78-74-70-66-62-58-54-50-47-44-41-38-35-31-27-23-19-15-11-7-3)82-102-89(94)76-72-68-64-60-56-53-49-46-43-40-37-34-30-26-22-18-14-10-6-2/h9-11,13-15,21-23,25-28,32-38,42-47,52-53,55-56,85-87,92H,5-8,12,16-20,24,29-31,39-41,48-51,54,57-84H2,1-4H3,(H,97,98)(H,99,100)/b13-9-,14-10-,15-11-,25-21-,26-22-,27-23-,32-28-,36-33-,37-34-,38-35-,45-42-,46-43-,47-44-,55-52-,56-53-. The molecule has 19 heteroatoms. The molecule has 0 fully saturated rings. The number of unbranched alkanes of at least 4 members (excludes halogenated alkanes) is 21. The lowest BCUT2D eigenvalue weighted by Crippen LogP contribution is -2.30. The van der Waals surface area contributed by atoms with Gasteiger partial charge >= 0.3 is 39.5 Å². The number of rotatable bonds is 77. The molecule has 5 atom stereocenters. The molecule has 0 heterocycles. The smallest absolute Gasteiger partial charge is 0.462 e. The van der Waals surface area contributed by atoms with E-state index in [4.69, 9.17) is 37.0 Å². The Kier molecular flexibility index (Phi) is 76.9. The number of hydrogen-bond acceptors (Lipinski definition) is 15. The molecule has 0 bridgehead atoms. The van der Waals surface area contributed by atoms with Gasteiger partial charge in [0.25, 0.3) is 0 Å². The minimum atomic E-state index is -5.01. The van der Waals surface area contributed by atoms with Gasteiger partial charge in [0, 0.05) is 25.7 Å². The van der Waals surface area contributed by atoms with E-state index in [1.54, 1.807) is 0 Å². The van der Waals surface area contributed by atoms with Gasteiger partial charge < -0.3 is 33.8 Å². The van der Waals surface area contributed by atoms with Crippen molar-refractivity contribution in [2.24, 2.45) is 0 Å². The zero-order valence-corrected chi connectivity index (χ0v) is 70.1. The quantitative estimate of drug-likeness (QED) is 0.0169. The van der Waals surface area contributed by atoms with Crippen molar-refractivity contribution in [1.29, 1.82) is 0 Å². The Morgan fingerprint density at radius 1 is 0.264 bits per heavy atom. The van der Waals surface area contributed by atoms with E-state index in [2.05, 4.69) is 210 Å². The van der Waals surface area contributed by atoms with Crippen molar-refractivity contribution in [2.45, 2.75) is 329 Å². The molecule has 0 aliphatic heterocycles. The lowest BCUT2D eigenvalue weighted by molar-refractivity contribution is -0.161. The van der Waals surface area contributed by atoms with E-state index >= 15 is 0 Å². The van der Waals surface area contributed by atoms with Gasteiger partial charge in [0.2, 0.25) is 0 Å². The summed E-state index contributed by atoms with van der Waals surface area (Å²) in [6, 6.07) is 0. The minimum absolute atomic E-state index is 0.0634. The molecule has 0 saturated heterocycles. The zero-order valence-electron chi connectivity index (χ0n) is 68.4. The lowest BCUT2D eigenvalue weighted by Gasteiger charge is -2.21. The molecule has 0 aliphatic carbocycles. The number of hydrogen-bond donors (Lipinski definition) is 3. The third kappa shape index (κ3) is 80.2. The SMILES string of the molecule is CC/C=C\C/C=C\C/C=C\C/C=C\C/C=C\CCCCCC(=O)OCC(COP(=O)(O)OCC(O)COP(=O)(O)OCC(COC(=O)CCCCC/C=C\C/C=C\C/C=C\C/C=C\C/C=C\CC)OC(=O)CCCCCCCC/C=C\C/C=C\C/C=C\C/C=C\CC)OC(=O)CCCCCCC/C=C\CCCCCC. The van der Waals surface area contributed by atoms with Crippen molar-refractivity contribution in [1.82, 2.24) is 0 Å². The van der Waals surface area contributed by atoms with Gasteiger partial charge in [-0.15, -0.1) is 0 Å². The Labute approximate surface area is 666 Å². The van der Waals surface area contributed by atoms with Crippen molar-refractivity contribution in [3.8, 4) is 0 Å². The summed E-state index contributed by atoms with van der Waals surface area (Å²) < 4.78 is 68.7. The van der Waals surface area contributed by atoms with Crippen LogP contribution in [0.25, 0.3) is 0 Å². The van der Waals surface area contributed by atoms with Crippen LogP contribution in [0, 0.1) is 0 Å². The van der Waals surface area contributed by atoms with E-state index in [0.29, 0.717) is 25.7 Å². The Morgan fingerprint density at radius 3 is 0.745 bits per heavy atom. The van der Waals surface area contributed by atoms with E-state index < -0.39 is 97.5 Å². The van der Waals surface area contributed by atoms with Gasteiger partial charge in [-0.25, -0.2) is 9.13 Å². The number of phosphoric ester groups is 2. The summed E-state index contributed by atoms with van der Waals surface area (Å²) in [5.74, 6) is -2.28. The first-order valence-electron chi connectivity index (χ1n) is 42.0. The average molecular weight is 1580 g/mol. The van der Waals surface area contributed by atoms with Crippen LogP contribution in [0.2, 0.25) is 0 Å². The molecule has 0 aliphatic rings. The van der Waals surface area contributed by atoms with Gasteiger partial charge in [0.05, 0.1) is 26.4 Å². The van der Waals surface area contributed by atoms with Crippen LogP contribution in [0.5, 0.6) is 0 Å². The number of carbonyl (C=O) groups is 4. The topological polar surface area (TPSA) is 237 Å². The van der Waals surface area contributed by atoms with Crippen LogP contribution in [-0.4, -0.2) is 96.7 Å². The second-order valence-corrected chi connectivity index (χ2v) is 30.2. The first kappa shape index (κ1) is 104. The number of carbonyl (C=O) groups excluding carboxylic acids is 4. The van der Waals surface area contributed by atoms with Crippen LogP contribution in [0.4, 0.5) is 0 Å². The first-order chi connectivity index (χ1) is 53.7. The fourth-order valence-electron chi connectivity index (χ4n) is 10.6. The third-order valence-corrected chi connectivity index (χ3v) is 18.7. The Bertz CT molecular complexity index is 2800. The third-order valence-electron chi connectivity index (χ3n) is 16.8. The summed E-state index contributed by atoms with van der Waals surface area (Å²) in [7, 11) is -10.0. The van der Waals surface area contributed by atoms with E-state index in [1.165, 1.54) is 25.7 Å². The highest BCUT2D eigenvalue weighted by molar-refractivity contribution is 7.47. The second-order valence-electron chi connectivity index (χ2n) is 27.3. The summed E-state index contributed by atoms with van der Waals surface area (Å²) in [6.45, 7) is 4.42. The maximum atomic E-state index is 13.1. The maximum absolute atomic E-state index is 13.1. The average Bonchev–Trinajstić information content (AvgIpc) is 0.942. The Morgan fingerprint density at radius 2 is 0.473 bits per heavy atom. The van der Waals surface area contributed by atoms with Crippen LogP contribution < -0.4 is 0 Å². The summed E-state index contributed by atoms with van der Waals surface area (Å²) >= 11 is 0. The highest BCUT2D eigenvalue weighted by Gasteiger charge is 2.30. The number of esters is 4. The number of aliphatic hydroxyl groups is 1. The molecule has 624 valence electrons. The number of ether oxygens (including phenoxy) is 4. The van der Waals surface area contributed by atoms with E-state index in [9.17, 15) is 43.2 Å². The molecule has 0 radical (unpaired) electrons. The van der Waals surface area contributed by atoms with Crippen LogP contribution in [0.1, 0.15) is 310 Å². The molecule has 0 aromatic heterocycles. The fourth-order valence-corrected chi connectivity index (χ4v) is 12.1. The van der Waals surface area contributed by atoms with E-state index in [1.807, 2.05) is 0 Å². The van der Waals surface area contributed by atoms with Gasteiger partial charge in [0.1, 0.15) is 19.3 Å². The predicted molar refractivity (Wildman–Crippen MR) is 454 cm³/mol. The molecule has 0 rings (SSSR count).